The summed E-state index contributed by atoms with van der Waals surface area (Å²) in [5, 5.41) is 5.45. The minimum absolute atomic E-state index is 0.118. The summed E-state index contributed by atoms with van der Waals surface area (Å²) in [5.74, 6) is 0.0903. The van der Waals surface area contributed by atoms with E-state index in [1.807, 2.05) is 11.6 Å². The first-order valence-corrected chi connectivity index (χ1v) is 13.0. The smallest absolute Gasteiger partial charge is 0.420 e. The Morgan fingerprint density at radius 1 is 1.12 bits per heavy atom. The topological polar surface area (TPSA) is 99.5 Å². The molecule has 1 aromatic heterocycles. The number of aryl methyl sites for hydroxylation is 1. The summed E-state index contributed by atoms with van der Waals surface area (Å²) in [6.45, 7) is 5.00. The predicted octanol–water partition coefficient (Wildman–Crippen LogP) is 4.82. The van der Waals surface area contributed by atoms with Crippen molar-refractivity contribution >= 4 is 39.3 Å². The Labute approximate surface area is 199 Å². The number of amides is 1. The van der Waals surface area contributed by atoms with E-state index in [1.165, 1.54) is 0 Å². The molecule has 0 aliphatic carbocycles. The summed E-state index contributed by atoms with van der Waals surface area (Å²) in [5.41, 5.74) is 1.41. The lowest BCUT2D eigenvalue weighted by molar-refractivity contribution is 0.151. The molecule has 1 N–H and O–H groups in total. The maximum Gasteiger partial charge on any atom is 0.420 e. The molecule has 1 amide bonds. The van der Waals surface area contributed by atoms with Gasteiger partial charge in [-0.15, -0.1) is 5.10 Å². The summed E-state index contributed by atoms with van der Waals surface area (Å²) < 4.78 is 38.8. The summed E-state index contributed by atoms with van der Waals surface area (Å²) in [4.78, 5) is 11.7. The van der Waals surface area contributed by atoms with Gasteiger partial charge in [0.2, 0.25) is 15.9 Å². The zero-order valence-electron chi connectivity index (χ0n) is 18.3. The van der Waals surface area contributed by atoms with Crippen molar-refractivity contribution in [1.29, 1.82) is 0 Å². The average Bonchev–Trinajstić information content (AvgIpc) is 3.10. The molecule has 0 radical (unpaired) electrons. The number of aromatic nitrogens is 2. The molecule has 0 saturated carbocycles. The minimum atomic E-state index is -3.88. The van der Waals surface area contributed by atoms with E-state index < -0.39 is 16.1 Å². The first kappa shape index (κ1) is 26.3. The third-order valence-electron chi connectivity index (χ3n) is 4.52. The Balaban J connectivity index is 2.11. The maximum atomic E-state index is 12.3. The molecule has 0 spiro atoms. The van der Waals surface area contributed by atoms with Crippen molar-refractivity contribution in [3.05, 3.63) is 45.6 Å². The molecular weight excluding hydrogens is 477 g/mol. The highest BCUT2D eigenvalue weighted by molar-refractivity contribution is 7.90. The number of nitrogens with zero attached hydrogens (tertiary/aromatic N) is 2. The Kier molecular flexibility index (Phi) is 10.6. The zero-order valence-corrected chi connectivity index (χ0v) is 20.6. The largest absolute Gasteiger partial charge is 0.477 e. The van der Waals surface area contributed by atoms with E-state index in [0.717, 1.165) is 24.8 Å². The van der Waals surface area contributed by atoms with Gasteiger partial charge in [-0.3, -0.25) is 4.68 Å². The second kappa shape index (κ2) is 12.9. The number of unbranched alkanes of at least 4 members (excludes halogenated alkanes) is 2. The fourth-order valence-corrected chi connectivity index (χ4v) is 4.09. The first-order chi connectivity index (χ1) is 15.2. The standard InChI is InChI=1S/C21H29Cl2N3O5S/c1-3-5-10-30-20-14-18(9-12-32(28,29)25-21(27)31-11-6-4-2)26(24-20)15-16-7-8-17(22)13-19(16)23/h7-8,13-14H,3-6,9-12,15H2,1-2H3,(H,25,27). The van der Waals surface area contributed by atoms with Gasteiger partial charge in [0.1, 0.15) is 0 Å². The minimum Gasteiger partial charge on any atom is -0.477 e. The van der Waals surface area contributed by atoms with Gasteiger partial charge in [0, 0.05) is 28.2 Å². The lowest BCUT2D eigenvalue weighted by Gasteiger charge is -2.10. The highest BCUT2D eigenvalue weighted by Gasteiger charge is 2.19. The zero-order chi connectivity index (χ0) is 23.6. The van der Waals surface area contributed by atoms with E-state index in [-0.39, 0.29) is 18.8 Å². The van der Waals surface area contributed by atoms with Gasteiger partial charge in [0.15, 0.2) is 0 Å². The van der Waals surface area contributed by atoms with Gasteiger partial charge in [-0.05, 0) is 30.5 Å². The first-order valence-electron chi connectivity index (χ1n) is 10.5. The van der Waals surface area contributed by atoms with Gasteiger partial charge in [0.05, 0.1) is 25.5 Å². The molecule has 0 atom stereocenters. The number of halogens is 2. The number of hydrogen-bond acceptors (Lipinski definition) is 6. The number of carbonyl (C=O) groups excluding carboxylic acids is 1. The number of carbonyl (C=O) groups is 1. The lowest BCUT2D eigenvalue weighted by atomic mass is 10.2. The summed E-state index contributed by atoms with van der Waals surface area (Å²) in [6.07, 6.45) is 2.51. The van der Waals surface area contributed by atoms with Crippen LogP contribution in [0.2, 0.25) is 10.0 Å². The highest BCUT2D eigenvalue weighted by Crippen LogP contribution is 2.23. The third kappa shape index (κ3) is 8.88. The fraction of sp³-hybridized carbons (Fsp3) is 0.524. The van der Waals surface area contributed by atoms with E-state index in [4.69, 9.17) is 32.7 Å². The van der Waals surface area contributed by atoms with E-state index in [2.05, 4.69) is 12.0 Å². The lowest BCUT2D eigenvalue weighted by Crippen LogP contribution is -2.34. The molecule has 32 heavy (non-hydrogen) atoms. The van der Waals surface area contributed by atoms with Crippen LogP contribution in [0.4, 0.5) is 4.79 Å². The van der Waals surface area contributed by atoms with Crippen molar-refractivity contribution in [1.82, 2.24) is 14.5 Å². The molecule has 2 aromatic rings. The number of ether oxygens (including phenoxy) is 2. The van der Waals surface area contributed by atoms with Crippen LogP contribution >= 0.6 is 23.2 Å². The van der Waals surface area contributed by atoms with Gasteiger partial charge < -0.3 is 9.47 Å². The van der Waals surface area contributed by atoms with Crippen molar-refractivity contribution in [3.63, 3.8) is 0 Å². The van der Waals surface area contributed by atoms with Crippen LogP contribution in [0, 0.1) is 0 Å². The molecule has 1 aromatic carbocycles. The van der Waals surface area contributed by atoms with Crippen molar-refractivity contribution in [2.24, 2.45) is 0 Å². The molecule has 0 saturated heterocycles. The van der Waals surface area contributed by atoms with Crippen LogP contribution in [0.25, 0.3) is 0 Å². The quantitative estimate of drug-likeness (QED) is 0.391. The van der Waals surface area contributed by atoms with Crippen LogP contribution in [0.5, 0.6) is 5.88 Å². The molecule has 11 heteroatoms. The number of nitrogens with one attached hydrogen (secondary N) is 1. The van der Waals surface area contributed by atoms with Gasteiger partial charge in [-0.25, -0.2) is 17.9 Å². The van der Waals surface area contributed by atoms with Crippen LogP contribution in [-0.2, 0) is 27.7 Å². The molecule has 178 valence electrons. The predicted molar refractivity (Wildman–Crippen MR) is 125 cm³/mol. The van der Waals surface area contributed by atoms with Crippen molar-refractivity contribution < 1.29 is 22.7 Å². The van der Waals surface area contributed by atoms with Gasteiger partial charge >= 0.3 is 6.09 Å². The molecule has 8 nitrogen and oxygen atoms in total. The monoisotopic (exact) mass is 505 g/mol. The molecule has 0 unspecified atom stereocenters. The van der Waals surface area contributed by atoms with E-state index in [9.17, 15) is 13.2 Å². The molecule has 2 rings (SSSR count). The summed E-state index contributed by atoms with van der Waals surface area (Å²) in [7, 11) is -3.88. The Morgan fingerprint density at radius 2 is 1.84 bits per heavy atom. The van der Waals surface area contributed by atoms with Crippen LogP contribution in [0.15, 0.2) is 24.3 Å². The summed E-state index contributed by atoms with van der Waals surface area (Å²) >= 11 is 12.3. The molecule has 1 heterocycles. The normalized spacial score (nSPS) is 11.4. The van der Waals surface area contributed by atoms with Crippen LogP contribution in [0.1, 0.15) is 50.8 Å². The highest BCUT2D eigenvalue weighted by atomic mass is 35.5. The maximum absolute atomic E-state index is 12.3. The molecule has 0 aliphatic heterocycles. The van der Waals surface area contributed by atoms with E-state index >= 15 is 0 Å². The fourth-order valence-electron chi connectivity index (χ4n) is 2.73. The Morgan fingerprint density at radius 3 is 2.53 bits per heavy atom. The van der Waals surface area contributed by atoms with Crippen molar-refractivity contribution in [2.75, 3.05) is 19.0 Å². The number of benzene rings is 1. The molecule has 0 fully saturated rings. The van der Waals surface area contributed by atoms with Gasteiger partial charge in [-0.2, -0.15) is 0 Å². The third-order valence-corrected chi connectivity index (χ3v) is 6.33. The van der Waals surface area contributed by atoms with Gasteiger partial charge in [0.25, 0.3) is 0 Å². The SMILES string of the molecule is CCCCOC(=O)NS(=O)(=O)CCc1cc(OCCCC)nn1Cc1ccc(Cl)cc1Cl. The van der Waals surface area contributed by atoms with Crippen LogP contribution in [-0.4, -0.2) is 43.3 Å². The second-order valence-corrected chi connectivity index (χ2v) is 9.92. The number of rotatable bonds is 13. The van der Waals surface area contributed by atoms with Crippen LogP contribution in [0.3, 0.4) is 0 Å². The number of hydrogen-bond donors (Lipinski definition) is 1. The van der Waals surface area contributed by atoms with E-state index in [1.54, 1.807) is 28.9 Å². The average molecular weight is 506 g/mol. The van der Waals surface area contributed by atoms with Crippen molar-refractivity contribution in [2.45, 2.75) is 52.5 Å². The molecule has 0 bridgehead atoms. The Hall–Kier alpha value is -1.97. The van der Waals surface area contributed by atoms with E-state index in [0.29, 0.717) is 41.2 Å². The molecular formula is C21H29Cl2N3O5S. The number of sulfonamides is 1. The van der Waals surface area contributed by atoms with Gasteiger partial charge in [-0.1, -0.05) is 56.0 Å². The van der Waals surface area contributed by atoms with Crippen LogP contribution < -0.4 is 9.46 Å². The second-order valence-electron chi connectivity index (χ2n) is 7.23. The Bertz CT molecular complexity index is 995. The van der Waals surface area contributed by atoms with Crippen molar-refractivity contribution in [3.8, 4) is 5.88 Å². The summed E-state index contributed by atoms with van der Waals surface area (Å²) in [6, 6.07) is 6.86. The molecule has 0 aliphatic rings.